The minimum Gasteiger partial charge on any atom is -0.457 e. The molecule has 1 fully saturated rings. The van der Waals surface area contributed by atoms with Gasteiger partial charge in [-0.2, -0.15) is 5.10 Å². The highest BCUT2D eigenvalue weighted by molar-refractivity contribution is 6.16. The number of carbonyl (C=O) groups is 2. The first-order valence-electron chi connectivity index (χ1n) is 11.2. The summed E-state index contributed by atoms with van der Waals surface area (Å²) in [5, 5.41) is 8.97. The third kappa shape index (κ3) is 5.01. The van der Waals surface area contributed by atoms with E-state index in [2.05, 4.69) is 20.7 Å². The maximum Gasteiger partial charge on any atom is 0.240 e. The summed E-state index contributed by atoms with van der Waals surface area (Å²) in [7, 11) is 1.79. The smallest absolute Gasteiger partial charge is 0.240 e. The maximum atomic E-state index is 14.8. The molecule has 2 aromatic carbocycles. The number of nitrogens with zero attached hydrogens (tertiary/aromatic N) is 3. The Kier molecular flexibility index (Phi) is 6.12. The molecule has 1 saturated carbocycles. The van der Waals surface area contributed by atoms with E-state index in [1.54, 1.807) is 42.5 Å². The predicted molar refractivity (Wildman–Crippen MR) is 128 cm³/mol. The number of carbonyl (C=O) groups excluding carboxylic acids is 2. The number of anilines is 2. The molecule has 8 nitrogen and oxygen atoms in total. The monoisotopic (exact) mass is 507 g/mol. The first kappa shape index (κ1) is 24.0. The molecule has 0 saturated heterocycles. The highest BCUT2D eigenvalue weighted by atomic mass is 19.2. The molecule has 1 aliphatic rings. The third-order valence-corrected chi connectivity index (χ3v) is 5.95. The molecule has 37 heavy (non-hydrogen) atoms. The molecule has 0 bridgehead atoms. The second kappa shape index (κ2) is 9.41. The van der Waals surface area contributed by atoms with Crippen LogP contribution in [0.25, 0.3) is 11.3 Å². The largest absolute Gasteiger partial charge is 0.457 e. The van der Waals surface area contributed by atoms with Crippen molar-refractivity contribution in [3.8, 4) is 22.8 Å². The van der Waals surface area contributed by atoms with Crippen molar-refractivity contribution < 1.29 is 27.5 Å². The zero-order valence-electron chi connectivity index (χ0n) is 19.5. The van der Waals surface area contributed by atoms with E-state index in [4.69, 9.17) is 4.74 Å². The molecule has 0 unspecified atom stereocenters. The van der Waals surface area contributed by atoms with E-state index in [0.717, 1.165) is 23.8 Å². The van der Waals surface area contributed by atoms with E-state index in [1.165, 1.54) is 18.2 Å². The molecule has 4 aromatic rings. The summed E-state index contributed by atoms with van der Waals surface area (Å²) in [5.41, 5.74) is -0.119. The van der Waals surface area contributed by atoms with Crippen LogP contribution in [0.2, 0.25) is 0 Å². The van der Waals surface area contributed by atoms with Crippen LogP contribution in [0, 0.1) is 22.9 Å². The van der Waals surface area contributed by atoms with E-state index < -0.39 is 34.7 Å². The van der Waals surface area contributed by atoms with E-state index in [9.17, 15) is 22.8 Å². The number of pyridine rings is 1. The molecule has 188 valence electrons. The number of rotatable bonds is 7. The number of hydrogen-bond acceptors (Lipinski definition) is 5. The molecule has 0 spiro atoms. The fraction of sp³-hybridized carbons (Fsp3) is 0.154. The van der Waals surface area contributed by atoms with Gasteiger partial charge in [-0.3, -0.25) is 19.3 Å². The van der Waals surface area contributed by atoms with Crippen LogP contribution in [-0.4, -0.2) is 26.6 Å². The van der Waals surface area contributed by atoms with Crippen LogP contribution in [0.4, 0.5) is 24.5 Å². The Bertz CT molecular complexity index is 1520. The molecule has 2 aromatic heterocycles. The molecular weight excluding hydrogens is 487 g/mol. The first-order chi connectivity index (χ1) is 17.7. The lowest BCUT2D eigenvalue weighted by Crippen LogP contribution is -2.35. The second-order valence-corrected chi connectivity index (χ2v) is 8.64. The Morgan fingerprint density at radius 3 is 2.35 bits per heavy atom. The van der Waals surface area contributed by atoms with E-state index in [0.29, 0.717) is 11.4 Å². The lowest BCUT2D eigenvalue weighted by Gasteiger charge is -2.16. The van der Waals surface area contributed by atoms with Gasteiger partial charge in [-0.25, -0.2) is 13.2 Å². The molecule has 1 aliphatic carbocycles. The van der Waals surface area contributed by atoms with Crippen molar-refractivity contribution in [3.05, 3.63) is 84.6 Å². The summed E-state index contributed by atoms with van der Waals surface area (Å²) in [6.07, 6.45) is 5.49. The number of aryl methyl sites for hydroxylation is 1. The van der Waals surface area contributed by atoms with Crippen LogP contribution in [0.15, 0.2) is 67.1 Å². The number of ether oxygens (including phenoxy) is 1. The lowest BCUT2D eigenvalue weighted by atomic mass is 10.0. The molecule has 0 aliphatic heterocycles. The Balaban J connectivity index is 1.25. The molecule has 0 atom stereocenters. The van der Waals surface area contributed by atoms with Crippen molar-refractivity contribution in [2.75, 3.05) is 10.6 Å². The summed E-state index contributed by atoms with van der Waals surface area (Å²) >= 11 is 0. The van der Waals surface area contributed by atoms with Gasteiger partial charge < -0.3 is 15.4 Å². The van der Waals surface area contributed by atoms with Crippen LogP contribution in [0.5, 0.6) is 11.5 Å². The molecule has 2 N–H and O–H groups in total. The van der Waals surface area contributed by atoms with Crippen LogP contribution in [0.1, 0.15) is 12.8 Å². The SMILES string of the molecule is Cn1cc(-c2cc(Oc3ccc(NC(=O)C4(C(=O)Nc5ccc(F)c(F)c5)CC4)c(F)c3)ccn2)cn1. The molecule has 2 amide bonds. The quantitative estimate of drug-likeness (QED) is 0.341. The van der Waals surface area contributed by atoms with Crippen LogP contribution in [0.3, 0.4) is 0 Å². The van der Waals surface area contributed by atoms with Gasteiger partial charge in [-0.05, 0) is 43.2 Å². The number of benzene rings is 2. The molecule has 0 radical (unpaired) electrons. The van der Waals surface area contributed by atoms with Crippen molar-refractivity contribution in [2.45, 2.75) is 12.8 Å². The number of amides is 2. The van der Waals surface area contributed by atoms with Gasteiger partial charge in [-0.15, -0.1) is 0 Å². The van der Waals surface area contributed by atoms with Gasteiger partial charge in [0.25, 0.3) is 0 Å². The topological polar surface area (TPSA) is 98.1 Å². The highest BCUT2D eigenvalue weighted by Crippen LogP contribution is 2.47. The van der Waals surface area contributed by atoms with E-state index >= 15 is 0 Å². The van der Waals surface area contributed by atoms with Gasteiger partial charge in [0.1, 0.15) is 22.7 Å². The Morgan fingerprint density at radius 2 is 1.68 bits per heavy atom. The maximum absolute atomic E-state index is 14.8. The standard InChI is InChI=1S/C26H20F3N5O3/c1-34-14-15(13-31-34)23-12-18(6-9-30-23)37-17-3-5-22(21(29)11-17)33-25(36)26(7-8-26)24(35)32-16-2-4-19(27)20(28)10-16/h2-6,9-14H,7-8H2,1H3,(H,32,35)(H,33,36). The highest BCUT2D eigenvalue weighted by Gasteiger charge is 2.56. The van der Waals surface area contributed by atoms with E-state index in [-0.39, 0.29) is 30.0 Å². The average Bonchev–Trinajstić information content (AvgIpc) is 3.58. The minimum atomic E-state index is -1.42. The van der Waals surface area contributed by atoms with E-state index in [1.807, 2.05) is 0 Å². The van der Waals surface area contributed by atoms with Crippen molar-refractivity contribution in [3.63, 3.8) is 0 Å². The zero-order chi connectivity index (χ0) is 26.2. The predicted octanol–water partition coefficient (Wildman–Crippen LogP) is 5.05. The summed E-state index contributed by atoms with van der Waals surface area (Å²) < 4.78 is 48.8. The van der Waals surface area contributed by atoms with Crippen molar-refractivity contribution in [2.24, 2.45) is 12.5 Å². The van der Waals surface area contributed by atoms with Gasteiger partial charge in [0.2, 0.25) is 11.8 Å². The lowest BCUT2D eigenvalue weighted by molar-refractivity contribution is -0.131. The van der Waals surface area contributed by atoms with Crippen LogP contribution < -0.4 is 15.4 Å². The Hall–Kier alpha value is -4.67. The van der Waals surface area contributed by atoms with Crippen molar-refractivity contribution >= 4 is 23.2 Å². The molecule has 2 heterocycles. The minimum absolute atomic E-state index is 0.0125. The number of halogens is 3. The van der Waals surface area contributed by atoms with Crippen LogP contribution in [-0.2, 0) is 16.6 Å². The Morgan fingerprint density at radius 1 is 0.919 bits per heavy atom. The van der Waals surface area contributed by atoms with Crippen molar-refractivity contribution in [1.29, 1.82) is 0 Å². The van der Waals surface area contributed by atoms with Gasteiger partial charge in [0.15, 0.2) is 11.6 Å². The van der Waals surface area contributed by atoms with Gasteiger partial charge in [0.05, 0.1) is 17.6 Å². The first-order valence-corrected chi connectivity index (χ1v) is 11.2. The fourth-order valence-electron chi connectivity index (χ4n) is 3.73. The normalized spacial score (nSPS) is 13.6. The summed E-state index contributed by atoms with van der Waals surface area (Å²) in [5.74, 6) is -3.71. The summed E-state index contributed by atoms with van der Waals surface area (Å²) in [4.78, 5) is 29.8. The number of nitrogens with one attached hydrogen (secondary N) is 2. The van der Waals surface area contributed by atoms with Gasteiger partial charge in [-0.1, -0.05) is 0 Å². The molecular formula is C26H20F3N5O3. The number of hydrogen-bond donors (Lipinski definition) is 2. The summed E-state index contributed by atoms with van der Waals surface area (Å²) in [6, 6.07) is 10.1. The van der Waals surface area contributed by atoms with Crippen LogP contribution >= 0.6 is 0 Å². The second-order valence-electron chi connectivity index (χ2n) is 8.64. The summed E-state index contributed by atoms with van der Waals surface area (Å²) in [6.45, 7) is 0. The zero-order valence-corrected chi connectivity index (χ0v) is 19.5. The average molecular weight is 507 g/mol. The molecule has 11 heteroatoms. The van der Waals surface area contributed by atoms with Gasteiger partial charge >= 0.3 is 0 Å². The number of aromatic nitrogens is 3. The van der Waals surface area contributed by atoms with Gasteiger partial charge in [0, 0.05) is 48.9 Å². The fourth-order valence-corrected chi connectivity index (χ4v) is 3.73. The Labute approximate surface area is 209 Å². The molecule has 5 rings (SSSR count). The van der Waals surface area contributed by atoms with Crippen molar-refractivity contribution in [1.82, 2.24) is 14.8 Å². The third-order valence-electron chi connectivity index (χ3n) is 5.95.